The van der Waals surface area contributed by atoms with Gasteiger partial charge >= 0.3 is 0 Å². The molecule has 0 radical (unpaired) electrons. The predicted octanol–water partition coefficient (Wildman–Crippen LogP) is 3.49. The molecule has 1 atom stereocenters. The van der Waals surface area contributed by atoms with Gasteiger partial charge in [-0.15, -0.1) is 12.4 Å². The van der Waals surface area contributed by atoms with Crippen LogP contribution in [0.25, 0.3) is 0 Å². The smallest absolute Gasteiger partial charge is 0.163 e. The highest BCUT2D eigenvalue weighted by atomic mass is 35.5. The van der Waals surface area contributed by atoms with Crippen LogP contribution in [0.1, 0.15) is 36.9 Å². The summed E-state index contributed by atoms with van der Waals surface area (Å²) in [6, 6.07) is 2.72. The molecule has 0 aromatic heterocycles. The molecule has 0 spiro atoms. The zero-order valence-electron chi connectivity index (χ0n) is 8.89. The highest BCUT2D eigenvalue weighted by Crippen LogP contribution is 2.22. The number of benzene rings is 1. The number of hydrogen-bond acceptors (Lipinski definition) is 1. The van der Waals surface area contributed by atoms with Gasteiger partial charge in [-0.3, -0.25) is 0 Å². The zero-order chi connectivity index (χ0) is 10.7. The maximum Gasteiger partial charge on any atom is 0.163 e. The molecule has 1 nitrogen and oxygen atoms in total. The van der Waals surface area contributed by atoms with Gasteiger partial charge in [0.15, 0.2) is 11.6 Å². The van der Waals surface area contributed by atoms with Crippen LogP contribution < -0.4 is 5.73 Å². The van der Waals surface area contributed by atoms with Crippen LogP contribution in [0, 0.1) is 18.6 Å². The summed E-state index contributed by atoms with van der Waals surface area (Å²) in [5.74, 6) is -1.58. The van der Waals surface area contributed by atoms with Crippen LogP contribution in [0.5, 0.6) is 0 Å². The summed E-state index contributed by atoms with van der Waals surface area (Å²) in [4.78, 5) is 0. The van der Waals surface area contributed by atoms with E-state index in [4.69, 9.17) is 5.73 Å². The van der Waals surface area contributed by atoms with Gasteiger partial charge in [-0.25, -0.2) is 8.78 Å². The van der Waals surface area contributed by atoms with E-state index in [0.717, 1.165) is 6.42 Å². The lowest BCUT2D eigenvalue weighted by Gasteiger charge is -2.12. The monoisotopic (exact) mass is 235 g/mol. The summed E-state index contributed by atoms with van der Waals surface area (Å²) in [5, 5.41) is 0. The molecule has 2 N–H and O–H groups in total. The van der Waals surface area contributed by atoms with Crippen molar-refractivity contribution in [1.29, 1.82) is 0 Å². The van der Waals surface area contributed by atoms with Crippen LogP contribution in [-0.2, 0) is 0 Å². The second-order valence-electron chi connectivity index (χ2n) is 3.49. The summed E-state index contributed by atoms with van der Waals surface area (Å²) in [6.45, 7) is 3.50. The molecular formula is C11H16ClF2N. The van der Waals surface area contributed by atoms with Gasteiger partial charge in [0.25, 0.3) is 0 Å². The van der Waals surface area contributed by atoms with Crippen molar-refractivity contribution in [1.82, 2.24) is 0 Å². The van der Waals surface area contributed by atoms with Gasteiger partial charge < -0.3 is 5.73 Å². The Bertz CT molecular complexity index is 329. The Labute approximate surface area is 95.1 Å². The third kappa shape index (κ3) is 3.14. The minimum absolute atomic E-state index is 0. The second-order valence-corrected chi connectivity index (χ2v) is 3.49. The third-order valence-corrected chi connectivity index (χ3v) is 2.30. The highest BCUT2D eigenvalue weighted by Gasteiger charge is 2.15. The Balaban J connectivity index is 0.00000196. The molecule has 0 saturated heterocycles. The molecule has 0 amide bonds. The molecule has 1 aromatic rings. The van der Waals surface area contributed by atoms with E-state index in [1.807, 2.05) is 6.92 Å². The molecule has 4 heteroatoms. The molecule has 86 valence electrons. The molecule has 0 fully saturated rings. The molecule has 0 bridgehead atoms. The van der Waals surface area contributed by atoms with Crippen molar-refractivity contribution in [3.63, 3.8) is 0 Å². The Morgan fingerprint density at radius 2 is 1.87 bits per heavy atom. The van der Waals surface area contributed by atoms with Crippen molar-refractivity contribution >= 4 is 12.4 Å². The largest absolute Gasteiger partial charge is 0.324 e. The van der Waals surface area contributed by atoms with E-state index < -0.39 is 17.7 Å². The fraction of sp³-hybridized carbons (Fsp3) is 0.455. The third-order valence-electron chi connectivity index (χ3n) is 2.30. The number of halogens is 3. The lowest BCUT2D eigenvalue weighted by Crippen LogP contribution is -2.13. The van der Waals surface area contributed by atoms with Gasteiger partial charge in [0.2, 0.25) is 0 Å². The maximum atomic E-state index is 13.4. The fourth-order valence-electron chi connectivity index (χ4n) is 1.41. The van der Waals surface area contributed by atoms with E-state index in [-0.39, 0.29) is 18.0 Å². The standard InChI is InChI=1S/C11H15F2N.ClH/c1-3-4-9(14)8-6-5-7(2)10(12)11(8)13;/h5-6,9H,3-4,14H2,1-2H3;1H/t9-;/m0./s1. The Morgan fingerprint density at radius 3 is 2.40 bits per heavy atom. The first kappa shape index (κ1) is 14.3. The molecule has 15 heavy (non-hydrogen) atoms. The number of rotatable bonds is 3. The molecule has 0 saturated carbocycles. The zero-order valence-corrected chi connectivity index (χ0v) is 9.70. The van der Waals surface area contributed by atoms with Crippen molar-refractivity contribution in [2.24, 2.45) is 5.73 Å². The molecular weight excluding hydrogens is 220 g/mol. The van der Waals surface area contributed by atoms with Crippen molar-refractivity contribution in [3.8, 4) is 0 Å². The maximum absolute atomic E-state index is 13.4. The van der Waals surface area contributed by atoms with Gasteiger partial charge in [0.05, 0.1) is 0 Å². The van der Waals surface area contributed by atoms with Crippen molar-refractivity contribution in [2.45, 2.75) is 32.7 Å². The number of hydrogen-bond donors (Lipinski definition) is 1. The number of nitrogens with two attached hydrogens (primary N) is 1. The summed E-state index contributed by atoms with van der Waals surface area (Å²) in [5.41, 5.74) is 6.31. The van der Waals surface area contributed by atoms with E-state index in [1.165, 1.54) is 6.92 Å². The second kappa shape index (κ2) is 6.03. The summed E-state index contributed by atoms with van der Waals surface area (Å²) < 4.78 is 26.5. The van der Waals surface area contributed by atoms with Crippen LogP contribution in [0.15, 0.2) is 12.1 Å². The van der Waals surface area contributed by atoms with Crippen LogP contribution in [0.2, 0.25) is 0 Å². The van der Waals surface area contributed by atoms with E-state index >= 15 is 0 Å². The van der Waals surface area contributed by atoms with Gasteiger partial charge in [0.1, 0.15) is 0 Å². The van der Waals surface area contributed by atoms with E-state index in [1.54, 1.807) is 12.1 Å². The number of aryl methyl sites for hydroxylation is 1. The topological polar surface area (TPSA) is 26.0 Å². The first-order chi connectivity index (χ1) is 6.57. The first-order valence-corrected chi connectivity index (χ1v) is 4.78. The van der Waals surface area contributed by atoms with Gasteiger partial charge in [-0.1, -0.05) is 25.5 Å². The fourth-order valence-corrected chi connectivity index (χ4v) is 1.41. The highest BCUT2D eigenvalue weighted by molar-refractivity contribution is 5.85. The van der Waals surface area contributed by atoms with E-state index in [0.29, 0.717) is 12.0 Å². The lowest BCUT2D eigenvalue weighted by molar-refractivity contribution is 0.478. The van der Waals surface area contributed by atoms with Gasteiger partial charge in [-0.2, -0.15) is 0 Å². The molecule has 0 aliphatic carbocycles. The predicted molar refractivity (Wildman–Crippen MR) is 60.2 cm³/mol. The quantitative estimate of drug-likeness (QED) is 0.853. The Hall–Kier alpha value is -0.670. The van der Waals surface area contributed by atoms with Crippen molar-refractivity contribution in [2.75, 3.05) is 0 Å². The molecule has 1 aromatic carbocycles. The van der Waals surface area contributed by atoms with Gasteiger partial charge in [-0.05, 0) is 18.9 Å². The molecule has 0 unspecified atom stereocenters. The van der Waals surface area contributed by atoms with E-state index in [9.17, 15) is 8.78 Å². The normalized spacial score (nSPS) is 12.1. The molecule has 1 rings (SSSR count). The summed E-state index contributed by atoms with van der Waals surface area (Å²) >= 11 is 0. The molecule has 0 aliphatic rings. The first-order valence-electron chi connectivity index (χ1n) is 4.78. The van der Waals surface area contributed by atoms with Crippen molar-refractivity contribution < 1.29 is 8.78 Å². The van der Waals surface area contributed by atoms with E-state index in [2.05, 4.69) is 0 Å². The van der Waals surface area contributed by atoms with Crippen LogP contribution in [0.3, 0.4) is 0 Å². The minimum Gasteiger partial charge on any atom is -0.324 e. The summed E-state index contributed by atoms with van der Waals surface area (Å²) in [6.07, 6.45) is 1.52. The molecule has 0 aliphatic heterocycles. The van der Waals surface area contributed by atoms with Gasteiger partial charge in [0, 0.05) is 11.6 Å². The SMILES string of the molecule is CCC[C@H](N)c1ccc(C)c(F)c1F.Cl. The van der Waals surface area contributed by atoms with Crippen LogP contribution >= 0.6 is 12.4 Å². The Kier molecular flexibility index (Phi) is 5.76. The minimum atomic E-state index is -0.800. The molecule has 0 heterocycles. The average Bonchev–Trinajstić information content (AvgIpc) is 2.15. The van der Waals surface area contributed by atoms with Crippen molar-refractivity contribution in [3.05, 3.63) is 34.9 Å². The lowest BCUT2D eigenvalue weighted by atomic mass is 10.0. The average molecular weight is 236 g/mol. The Morgan fingerprint density at radius 1 is 1.27 bits per heavy atom. The van der Waals surface area contributed by atoms with Crippen LogP contribution in [-0.4, -0.2) is 0 Å². The van der Waals surface area contributed by atoms with Crippen LogP contribution in [0.4, 0.5) is 8.78 Å². The summed E-state index contributed by atoms with van der Waals surface area (Å²) in [7, 11) is 0.